The highest BCUT2D eigenvalue weighted by atomic mass is 16.5. The van der Waals surface area contributed by atoms with Crippen LogP contribution in [0.3, 0.4) is 0 Å². The molecule has 0 amide bonds. The number of nitrogens with zero attached hydrogens (tertiary/aromatic N) is 1. The van der Waals surface area contributed by atoms with Crippen LogP contribution in [0.5, 0.6) is 5.75 Å². The Hall–Kier alpha value is -1.28. The number of benzene rings is 1. The van der Waals surface area contributed by atoms with Gasteiger partial charge < -0.3 is 4.74 Å². The van der Waals surface area contributed by atoms with Crippen molar-refractivity contribution in [2.45, 2.75) is 51.0 Å². The minimum atomic E-state index is 0.667. The Morgan fingerprint density at radius 3 is 2.90 bits per heavy atom. The summed E-state index contributed by atoms with van der Waals surface area (Å²) in [6, 6.07) is 9.20. The molecule has 1 aliphatic carbocycles. The minimum absolute atomic E-state index is 0.667. The summed E-state index contributed by atoms with van der Waals surface area (Å²) in [5, 5.41) is 0. The van der Waals surface area contributed by atoms with E-state index in [0.29, 0.717) is 6.04 Å². The highest BCUT2D eigenvalue weighted by Crippen LogP contribution is 2.36. The van der Waals surface area contributed by atoms with Gasteiger partial charge in [0.05, 0.1) is 7.11 Å². The first-order valence-electron chi connectivity index (χ1n) is 8.32. The molecule has 0 saturated carbocycles. The van der Waals surface area contributed by atoms with Gasteiger partial charge >= 0.3 is 0 Å². The molecule has 0 saturated heterocycles. The van der Waals surface area contributed by atoms with E-state index < -0.39 is 0 Å². The normalized spacial score (nSPS) is 23.0. The van der Waals surface area contributed by atoms with Gasteiger partial charge in [-0.15, -0.1) is 0 Å². The van der Waals surface area contributed by atoms with Crippen molar-refractivity contribution in [1.29, 1.82) is 0 Å². The Kier molecular flexibility index (Phi) is 4.64. The van der Waals surface area contributed by atoms with E-state index >= 15 is 0 Å². The molecule has 1 aromatic rings. The average molecular weight is 285 g/mol. The fourth-order valence-corrected chi connectivity index (χ4v) is 3.94. The third-order valence-electron chi connectivity index (χ3n) is 5.17. The second-order valence-electron chi connectivity index (χ2n) is 6.47. The van der Waals surface area contributed by atoms with E-state index in [-0.39, 0.29) is 0 Å². The van der Waals surface area contributed by atoms with E-state index in [1.165, 1.54) is 50.6 Å². The molecule has 1 aromatic carbocycles. The van der Waals surface area contributed by atoms with Gasteiger partial charge in [-0.25, -0.2) is 0 Å². The molecule has 0 spiro atoms. The van der Waals surface area contributed by atoms with Crippen molar-refractivity contribution in [3.05, 3.63) is 41.0 Å². The molecule has 1 unspecified atom stereocenters. The van der Waals surface area contributed by atoms with Gasteiger partial charge in [-0.2, -0.15) is 0 Å². The molecule has 1 atom stereocenters. The van der Waals surface area contributed by atoms with Gasteiger partial charge in [0.15, 0.2) is 0 Å². The molecule has 2 nitrogen and oxygen atoms in total. The first kappa shape index (κ1) is 14.6. The van der Waals surface area contributed by atoms with Gasteiger partial charge in [0.1, 0.15) is 5.75 Å². The lowest BCUT2D eigenvalue weighted by molar-refractivity contribution is 0.233. The van der Waals surface area contributed by atoms with Crippen LogP contribution in [0.15, 0.2) is 35.4 Å². The Balaban J connectivity index is 1.70. The lowest BCUT2D eigenvalue weighted by atomic mass is 9.81. The van der Waals surface area contributed by atoms with Gasteiger partial charge in [0.25, 0.3) is 0 Å². The van der Waals surface area contributed by atoms with Crippen molar-refractivity contribution in [3.63, 3.8) is 0 Å². The highest BCUT2D eigenvalue weighted by Gasteiger charge is 2.28. The van der Waals surface area contributed by atoms with Crippen LogP contribution < -0.4 is 4.74 Å². The van der Waals surface area contributed by atoms with E-state index in [2.05, 4.69) is 30.1 Å². The summed E-state index contributed by atoms with van der Waals surface area (Å²) in [4.78, 5) is 2.57. The SMILES string of the molecule is COc1cccc(CCC2C3=C(CCCC3)CCN2C)c1. The number of methoxy groups -OCH3 is 1. The highest BCUT2D eigenvalue weighted by molar-refractivity contribution is 5.30. The summed E-state index contributed by atoms with van der Waals surface area (Å²) >= 11 is 0. The largest absolute Gasteiger partial charge is 0.497 e. The zero-order valence-corrected chi connectivity index (χ0v) is 13.4. The number of ether oxygens (including phenoxy) is 1. The summed E-state index contributed by atoms with van der Waals surface area (Å²) in [6.07, 6.45) is 9.18. The second kappa shape index (κ2) is 6.65. The fraction of sp³-hybridized carbons (Fsp3) is 0.579. The van der Waals surface area contributed by atoms with Gasteiger partial charge in [0.2, 0.25) is 0 Å². The molecule has 0 aromatic heterocycles. The van der Waals surface area contributed by atoms with Crippen LogP contribution in [-0.4, -0.2) is 31.6 Å². The van der Waals surface area contributed by atoms with Crippen molar-refractivity contribution in [2.75, 3.05) is 20.7 Å². The molecule has 114 valence electrons. The summed E-state index contributed by atoms with van der Waals surface area (Å²) in [6.45, 7) is 1.24. The van der Waals surface area contributed by atoms with Crippen LogP contribution in [0.1, 0.15) is 44.1 Å². The Morgan fingerprint density at radius 1 is 1.19 bits per heavy atom. The Labute approximate surface area is 128 Å². The van der Waals surface area contributed by atoms with E-state index in [0.717, 1.165) is 12.2 Å². The van der Waals surface area contributed by atoms with Crippen molar-refractivity contribution in [3.8, 4) is 5.75 Å². The van der Waals surface area contributed by atoms with Crippen molar-refractivity contribution >= 4 is 0 Å². The maximum absolute atomic E-state index is 5.33. The molecule has 1 heterocycles. The number of aryl methyl sites for hydroxylation is 1. The lowest BCUT2D eigenvalue weighted by Gasteiger charge is -2.39. The molecular weight excluding hydrogens is 258 g/mol. The number of hydrogen-bond acceptors (Lipinski definition) is 2. The molecule has 2 aliphatic rings. The van der Waals surface area contributed by atoms with Crippen molar-refractivity contribution < 1.29 is 4.74 Å². The topological polar surface area (TPSA) is 12.5 Å². The molecule has 1 aliphatic heterocycles. The summed E-state index contributed by atoms with van der Waals surface area (Å²) in [7, 11) is 4.04. The minimum Gasteiger partial charge on any atom is -0.497 e. The summed E-state index contributed by atoms with van der Waals surface area (Å²) < 4.78 is 5.33. The van der Waals surface area contributed by atoms with Crippen LogP contribution in [0.4, 0.5) is 0 Å². The molecule has 2 heteroatoms. The molecule has 0 bridgehead atoms. The monoisotopic (exact) mass is 285 g/mol. The number of rotatable bonds is 4. The van der Waals surface area contributed by atoms with Gasteiger partial charge in [-0.05, 0) is 69.7 Å². The third-order valence-corrected chi connectivity index (χ3v) is 5.17. The number of hydrogen-bond donors (Lipinski definition) is 0. The first-order valence-corrected chi connectivity index (χ1v) is 8.32. The van der Waals surface area contributed by atoms with Gasteiger partial charge in [-0.1, -0.05) is 23.3 Å². The van der Waals surface area contributed by atoms with E-state index in [9.17, 15) is 0 Å². The maximum atomic E-state index is 5.33. The summed E-state index contributed by atoms with van der Waals surface area (Å²) in [5.41, 5.74) is 4.96. The Bertz CT molecular complexity index is 520. The predicted octanol–water partition coefficient (Wildman–Crippen LogP) is 4.20. The van der Waals surface area contributed by atoms with E-state index in [1.807, 2.05) is 6.07 Å². The van der Waals surface area contributed by atoms with Crippen molar-refractivity contribution in [1.82, 2.24) is 4.90 Å². The zero-order chi connectivity index (χ0) is 14.7. The van der Waals surface area contributed by atoms with Crippen molar-refractivity contribution in [2.24, 2.45) is 0 Å². The van der Waals surface area contributed by atoms with Crippen LogP contribution in [0.2, 0.25) is 0 Å². The maximum Gasteiger partial charge on any atom is 0.119 e. The van der Waals surface area contributed by atoms with Crippen LogP contribution in [0.25, 0.3) is 0 Å². The quantitative estimate of drug-likeness (QED) is 0.769. The van der Waals surface area contributed by atoms with Crippen LogP contribution in [0, 0.1) is 0 Å². The molecule has 0 N–H and O–H groups in total. The molecule has 21 heavy (non-hydrogen) atoms. The predicted molar refractivity (Wildman–Crippen MR) is 87.8 cm³/mol. The molecule has 3 rings (SSSR count). The average Bonchev–Trinajstić information content (AvgIpc) is 2.54. The lowest BCUT2D eigenvalue weighted by Crippen LogP contribution is -2.39. The molecular formula is C19H27NO. The summed E-state index contributed by atoms with van der Waals surface area (Å²) in [5.74, 6) is 0.974. The fourth-order valence-electron chi connectivity index (χ4n) is 3.94. The molecule has 0 fully saturated rings. The molecule has 0 radical (unpaired) electrons. The smallest absolute Gasteiger partial charge is 0.119 e. The number of likely N-dealkylation sites (N-methyl/N-ethyl adjacent to an activating group) is 1. The Morgan fingerprint density at radius 2 is 2.05 bits per heavy atom. The third kappa shape index (κ3) is 3.32. The van der Waals surface area contributed by atoms with E-state index in [4.69, 9.17) is 4.74 Å². The van der Waals surface area contributed by atoms with Gasteiger partial charge in [0, 0.05) is 12.6 Å². The van der Waals surface area contributed by atoms with Gasteiger partial charge in [-0.3, -0.25) is 4.90 Å². The second-order valence-corrected chi connectivity index (χ2v) is 6.47. The van der Waals surface area contributed by atoms with Crippen LogP contribution in [-0.2, 0) is 6.42 Å². The standard InChI is InChI=1S/C19H27NO/c1-20-13-12-16-7-3-4-9-18(16)19(20)11-10-15-6-5-8-17(14-15)21-2/h5-6,8,14,19H,3-4,7,9-13H2,1-2H3. The first-order chi connectivity index (χ1) is 10.3. The zero-order valence-electron chi connectivity index (χ0n) is 13.4. The van der Waals surface area contributed by atoms with Crippen LogP contribution >= 0.6 is 0 Å². The van der Waals surface area contributed by atoms with E-state index in [1.54, 1.807) is 18.3 Å².